The monoisotopic (exact) mass is 439 g/mol. The van der Waals surface area contributed by atoms with Crippen molar-refractivity contribution in [2.75, 3.05) is 5.32 Å². The molecule has 2 heterocycles. The number of halogens is 1. The van der Waals surface area contributed by atoms with E-state index in [0.29, 0.717) is 32.5 Å². The van der Waals surface area contributed by atoms with E-state index in [1.54, 1.807) is 67.8 Å². The van der Waals surface area contributed by atoms with Crippen LogP contribution in [0.1, 0.15) is 12.7 Å². The summed E-state index contributed by atoms with van der Waals surface area (Å²) in [5.41, 5.74) is 1.06. The van der Waals surface area contributed by atoms with Crippen LogP contribution in [0.2, 0.25) is 5.02 Å². The number of amides is 1. The number of thioether (sulfide) groups is 1. The van der Waals surface area contributed by atoms with Gasteiger partial charge in [0.15, 0.2) is 5.16 Å². The van der Waals surface area contributed by atoms with Crippen LogP contribution in [-0.4, -0.2) is 20.7 Å². The number of furan rings is 1. The van der Waals surface area contributed by atoms with Gasteiger partial charge in [0.1, 0.15) is 5.76 Å². The standard InChI is InChI=1S/C22H18ClN3O3S/c1-14(20(27)24-16-10-8-15(23)9-11-16)30-22-25-19-7-3-2-6-18(19)21(28)26(22)13-17-5-4-12-29-17/h2-12,14H,13H2,1H3,(H,24,27). The zero-order chi connectivity index (χ0) is 21.1. The third kappa shape index (κ3) is 4.42. The maximum Gasteiger partial charge on any atom is 0.262 e. The van der Waals surface area contributed by atoms with Gasteiger partial charge in [-0.3, -0.25) is 14.2 Å². The summed E-state index contributed by atoms with van der Waals surface area (Å²) >= 11 is 7.11. The molecule has 0 aliphatic heterocycles. The van der Waals surface area contributed by atoms with Gasteiger partial charge in [0.25, 0.3) is 5.56 Å². The van der Waals surface area contributed by atoms with Crippen molar-refractivity contribution in [2.45, 2.75) is 23.9 Å². The molecule has 4 aromatic rings. The minimum atomic E-state index is -0.489. The summed E-state index contributed by atoms with van der Waals surface area (Å²) in [7, 11) is 0. The van der Waals surface area contributed by atoms with E-state index < -0.39 is 5.25 Å². The highest BCUT2D eigenvalue weighted by molar-refractivity contribution is 8.00. The van der Waals surface area contributed by atoms with E-state index in [9.17, 15) is 9.59 Å². The van der Waals surface area contributed by atoms with Gasteiger partial charge >= 0.3 is 0 Å². The second kappa shape index (κ2) is 8.77. The number of anilines is 1. The van der Waals surface area contributed by atoms with Crippen LogP contribution in [0.3, 0.4) is 0 Å². The molecule has 1 unspecified atom stereocenters. The Balaban J connectivity index is 1.64. The molecule has 0 fully saturated rings. The van der Waals surface area contributed by atoms with Crippen molar-refractivity contribution < 1.29 is 9.21 Å². The molecule has 2 aromatic heterocycles. The Morgan fingerprint density at radius 3 is 2.67 bits per heavy atom. The second-order valence-electron chi connectivity index (χ2n) is 6.64. The van der Waals surface area contributed by atoms with Crippen LogP contribution in [0.25, 0.3) is 10.9 Å². The topological polar surface area (TPSA) is 77.1 Å². The predicted octanol–water partition coefficient (Wildman–Crippen LogP) is 4.81. The molecule has 0 bridgehead atoms. The Morgan fingerprint density at radius 2 is 1.93 bits per heavy atom. The zero-order valence-corrected chi connectivity index (χ0v) is 17.6. The lowest BCUT2D eigenvalue weighted by Crippen LogP contribution is -2.27. The van der Waals surface area contributed by atoms with Gasteiger partial charge in [-0.2, -0.15) is 0 Å². The van der Waals surface area contributed by atoms with E-state index in [1.807, 2.05) is 6.07 Å². The fraction of sp³-hybridized carbons (Fsp3) is 0.136. The van der Waals surface area contributed by atoms with Gasteiger partial charge < -0.3 is 9.73 Å². The number of carbonyl (C=O) groups is 1. The Kier molecular flexibility index (Phi) is 5.92. The molecular formula is C22H18ClN3O3S. The number of aromatic nitrogens is 2. The maximum atomic E-state index is 13.1. The van der Waals surface area contributed by atoms with Crippen LogP contribution in [0.5, 0.6) is 0 Å². The fourth-order valence-electron chi connectivity index (χ4n) is 2.92. The van der Waals surface area contributed by atoms with E-state index in [2.05, 4.69) is 10.3 Å². The van der Waals surface area contributed by atoms with E-state index in [-0.39, 0.29) is 18.0 Å². The molecule has 0 radical (unpaired) electrons. The van der Waals surface area contributed by atoms with Crippen molar-refractivity contribution >= 4 is 45.9 Å². The lowest BCUT2D eigenvalue weighted by molar-refractivity contribution is -0.115. The van der Waals surface area contributed by atoms with E-state index in [4.69, 9.17) is 16.0 Å². The SMILES string of the molecule is CC(Sc1nc2ccccc2c(=O)n1Cc1ccco1)C(=O)Nc1ccc(Cl)cc1. The second-order valence-corrected chi connectivity index (χ2v) is 8.38. The molecule has 1 N–H and O–H groups in total. The number of nitrogens with zero attached hydrogens (tertiary/aromatic N) is 2. The van der Waals surface area contributed by atoms with E-state index >= 15 is 0 Å². The molecule has 0 aliphatic carbocycles. The van der Waals surface area contributed by atoms with Crippen molar-refractivity contribution in [2.24, 2.45) is 0 Å². The summed E-state index contributed by atoms with van der Waals surface area (Å²) in [5, 5.41) is 3.93. The highest BCUT2D eigenvalue weighted by Gasteiger charge is 2.20. The minimum Gasteiger partial charge on any atom is -0.467 e. The molecular weight excluding hydrogens is 422 g/mol. The molecule has 4 rings (SSSR count). The molecule has 2 aromatic carbocycles. The summed E-state index contributed by atoms with van der Waals surface area (Å²) in [6.45, 7) is 2.01. The van der Waals surface area contributed by atoms with Crippen LogP contribution in [0.15, 0.2) is 81.3 Å². The third-order valence-corrected chi connectivity index (χ3v) is 5.83. The number of para-hydroxylation sites is 1. The smallest absolute Gasteiger partial charge is 0.262 e. The molecule has 0 spiro atoms. The number of hydrogen-bond acceptors (Lipinski definition) is 5. The normalized spacial score (nSPS) is 12.1. The maximum absolute atomic E-state index is 13.1. The molecule has 1 atom stereocenters. The number of carbonyl (C=O) groups excluding carboxylic acids is 1. The van der Waals surface area contributed by atoms with Gasteiger partial charge in [-0.25, -0.2) is 4.98 Å². The van der Waals surface area contributed by atoms with Gasteiger partial charge in [0.2, 0.25) is 5.91 Å². The predicted molar refractivity (Wildman–Crippen MR) is 119 cm³/mol. The molecule has 6 nitrogen and oxygen atoms in total. The zero-order valence-electron chi connectivity index (χ0n) is 16.0. The van der Waals surface area contributed by atoms with Gasteiger partial charge in [-0.15, -0.1) is 0 Å². The number of hydrogen-bond donors (Lipinski definition) is 1. The van der Waals surface area contributed by atoms with Crippen LogP contribution >= 0.6 is 23.4 Å². The summed E-state index contributed by atoms with van der Waals surface area (Å²) in [6, 6.07) is 17.6. The first-order chi connectivity index (χ1) is 14.5. The highest BCUT2D eigenvalue weighted by atomic mass is 35.5. The number of benzene rings is 2. The molecule has 8 heteroatoms. The fourth-order valence-corrected chi connectivity index (χ4v) is 3.96. The largest absolute Gasteiger partial charge is 0.467 e. The van der Waals surface area contributed by atoms with Gasteiger partial charge in [0.05, 0.1) is 29.0 Å². The van der Waals surface area contributed by atoms with Crippen molar-refractivity contribution in [3.63, 3.8) is 0 Å². The van der Waals surface area contributed by atoms with E-state index in [1.165, 1.54) is 16.3 Å². The van der Waals surface area contributed by atoms with Gasteiger partial charge in [-0.05, 0) is 55.5 Å². The van der Waals surface area contributed by atoms with Crippen LogP contribution in [-0.2, 0) is 11.3 Å². The van der Waals surface area contributed by atoms with Crippen LogP contribution < -0.4 is 10.9 Å². The molecule has 0 saturated heterocycles. The van der Waals surface area contributed by atoms with Crippen molar-refractivity contribution in [1.29, 1.82) is 0 Å². The Bertz CT molecular complexity index is 1240. The first kappa shape index (κ1) is 20.3. The molecule has 152 valence electrons. The van der Waals surface area contributed by atoms with Gasteiger partial charge in [0, 0.05) is 10.7 Å². The van der Waals surface area contributed by atoms with E-state index in [0.717, 1.165) is 0 Å². The van der Waals surface area contributed by atoms with Crippen LogP contribution in [0.4, 0.5) is 5.69 Å². The highest BCUT2D eigenvalue weighted by Crippen LogP contribution is 2.24. The van der Waals surface area contributed by atoms with Crippen molar-refractivity contribution in [3.05, 3.63) is 88.1 Å². The minimum absolute atomic E-state index is 0.176. The Morgan fingerprint density at radius 1 is 1.17 bits per heavy atom. The first-order valence-corrected chi connectivity index (χ1v) is 10.5. The average molecular weight is 440 g/mol. The Labute approximate surface area is 181 Å². The summed E-state index contributed by atoms with van der Waals surface area (Å²) in [5.74, 6) is 0.434. The molecule has 1 amide bonds. The Hall–Kier alpha value is -3.03. The number of nitrogens with one attached hydrogen (secondary N) is 1. The molecule has 0 saturated carbocycles. The lowest BCUT2D eigenvalue weighted by Gasteiger charge is -2.16. The van der Waals surface area contributed by atoms with Gasteiger partial charge in [-0.1, -0.05) is 35.5 Å². The number of fused-ring (bicyclic) bond motifs is 1. The molecule has 0 aliphatic rings. The summed E-state index contributed by atoms with van der Waals surface area (Å²) in [6.07, 6.45) is 1.56. The average Bonchev–Trinajstić information content (AvgIpc) is 3.26. The van der Waals surface area contributed by atoms with Crippen molar-refractivity contribution in [1.82, 2.24) is 9.55 Å². The van der Waals surface area contributed by atoms with Crippen molar-refractivity contribution in [3.8, 4) is 0 Å². The summed E-state index contributed by atoms with van der Waals surface area (Å²) < 4.78 is 6.95. The quantitative estimate of drug-likeness (QED) is 0.344. The van der Waals surface area contributed by atoms with Crippen LogP contribution in [0, 0.1) is 0 Å². The molecule has 30 heavy (non-hydrogen) atoms. The first-order valence-electron chi connectivity index (χ1n) is 9.26. The number of rotatable bonds is 6. The lowest BCUT2D eigenvalue weighted by atomic mass is 10.2. The summed E-state index contributed by atoms with van der Waals surface area (Å²) in [4.78, 5) is 30.4. The third-order valence-electron chi connectivity index (χ3n) is 4.48.